The normalized spacial score (nSPS) is 14.3. The van der Waals surface area contributed by atoms with E-state index in [1.807, 2.05) is 49.4 Å². The highest BCUT2D eigenvalue weighted by molar-refractivity contribution is 9.10. The van der Waals surface area contributed by atoms with E-state index in [0.717, 1.165) is 34.1 Å². The predicted octanol–water partition coefficient (Wildman–Crippen LogP) is 4.80. The zero-order valence-electron chi connectivity index (χ0n) is 14.9. The van der Waals surface area contributed by atoms with Crippen molar-refractivity contribution in [3.63, 3.8) is 0 Å². The molecule has 0 heterocycles. The maximum Gasteiger partial charge on any atom is 0.315 e. The molecule has 5 nitrogen and oxygen atoms in total. The molecule has 142 valence electrons. The summed E-state index contributed by atoms with van der Waals surface area (Å²) in [6, 6.07) is 12.7. The fourth-order valence-corrected chi connectivity index (χ4v) is 3.49. The van der Waals surface area contributed by atoms with Gasteiger partial charge in [-0.3, -0.25) is 4.79 Å². The van der Waals surface area contributed by atoms with Crippen LogP contribution in [0.1, 0.15) is 30.0 Å². The lowest BCUT2D eigenvalue weighted by molar-refractivity contribution is -0.115. The summed E-state index contributed by atoms with van der Waals surface area (Å²) in [5.41, 5.74) is 2.69. The molecular formula is C20H21BrClN3O2. The number of carbonyl (C=O) groups is 2. The van der Waals surface area contributed by atoms with Crippen LogP contribution in [0.3, 0.4) is 0 Å². The lowest BCUT2D eigenvalue weighted by Gasteiger charge is -2.19. The number of nitrogens with one attached hydrogen (secondary N) is 3. The van der Waals surface area contributed by atoms with Crippen LogP contribution < -0.4 is 16.0 Å². The van der Waals surface area contributed by atoms with Crippen LogP contribution in [0, 0.1) is 12.8 Å². The van der Waals surface area contributed by atoms with Gasteiger partial charge in [-0.05, 0) is 67.1 Å². The molecule has 1 aliphatic carbocycles. The maximum absolute atomic E-state index is 12.3. The Bertz CT molecular complexity index is 838. The van der Waals surface area contributed by atoms with Crippen LogP contribution in [0.4, 0.5) is 10.5 Å². The molecule has 0 aliphatic heterocycles. The molecule has 1 atom stereocenters. The zero-order valence-corrected chi connectivity index (χ0v) is 17.2. The Hall–Kier alpha value is -2.05. The SMILES string of the molecule is Cc1cc(Br)ccc1NC(=O)CNC(=O)NC(c1ccc(Cl)cc1)C1CC1. The highest BCUT2D eigenvalue weighted by Crippen LogP contribution is 2.41. The number of anilines is 1. The largest absolute Gasteiger partial charge is 0.331 e. The number of carbonyl (C=O) groups excluding carboxylic acids is 2. The molecule has 0 bridgehead atoms. The number of hydrogen-bond acceptors (Lipinski definition) is 2. The summed E-state index contributed by atoms with van der Waals surface area (Å²) in [7, 11) is 0. The molecular weight excluding hydrogens is 430 g/mol. The Morgan fingerprint density at radius 3 is 2.52 bits per heavy atom. The Kier molecular flexibility index (Phi) is 6.39. The number of hydrogen-bond donors (Lipinski definition) is 3. The number of amides is 3. The third-order valence-corrected chi connectivity index (χ3v) is 5.23. The molecule has 2 aromatic rings. The van der Waals surface area contributed by atoms with E-state index in [9.17, 15) is 9.59 Å². The standard InChI is InChI=1S/C20H21BrClN3O2/c1-12-10-15(21)6-9-17(12)24-18(26)11-23-20(27)25-19(13-2-3-13)14-4-7-16(22)8-5-14/h4-10,13,19H,2-3,11H2,1H3,(H,24,26)(H2,23,25,27). The molecule has 3 amide bonds. The van der Waals surface area contributed by atoms with Gasteiger partial charge in [0, 0.05) is 15.2 Å². The topological polar surface area (TPSA) is 70.2 Å². The van der Waals surface area contributed by atoms with Gasteiger partial charge in [0.1, 0.15) is 0 Å². The van der Waals surface area contributed by atoms with E-state index in [-0.39, 0.29) is 24.5 Å². The minimum atomic E-state index is -0.357. The Morgan fingerprint density at radius 2 is 1.89 bits per heavy atom. The minimum absolute atomic E-state index is 0.0703. The summed E-state index contributed by atoms with van der Waals surface area (Å²) in [6.45, 7) is 1.81. The first-order valence-electron chi connectivity index (χ1n) is 8.78. The lowest BCUT2D eigenvalue weighted by Crippen LogP contribution is -2.42. The summed E-state index contributed by atoms with van der Waals surface area (Å²) in [6.07, 6.45) is 2.16. The van der Waals surface area contributed by atoms with Gasteiger partial charge in [-0.2, -0.15) is 0 Å². The molecule has 0 radical (unpaired) electrons. The maximum atomic E-state index is 12.3. The van der Waals surface area contributed by atoms with Gasteiger partial charge in [0.05, 0.1) is 12.6 Å². The van der Waals surface area contributed by atoms with E-state index in [0.29, 0.717) is 10.9 Å². The highest BCUT2D eigenvalue weighted by Gasteiger charge is 2.33. The van der Waals surface area contributed by atoms with Gasteiger partial charge < -0.3 is 16.0 Å². The van der Waals surface area contributed by atoms with Crippen molar-refractivity contribution in [2.75, 3.05) is 11.9 Å². The first-order valence-corrected chi connectivity index (χ1v) is 9.95. The van der Waals surface area contributed by atoms with Crippen LogP contribution in [0.25, 0.3) is 0 Å². The van der Waals surface area contributed by atoms with E-state index < -0.39 is 0 Å². The van der Waals surface area contributed by atoms with Crippen molar-refractivity contribution in [3.8, 4) is 0 Å². The monoisotopic (exact) mass is 449 g/mol. The van der Waals surface area contributed by atoms with E-state index in [4.69, 9.17) is 11.6 Å². The molecule has 2 aromatic carbocycles. The van der Waals surface area contributed by atoms with Crippen molar-refractivity contribution in [1.29, 1.82) is 0 Å². The molecule has 1 aliphatic rings. The average Bonchev–Trinajstić information content (AvgIpc) is 3.46. The summed E-state index contributed by atoms with van der Waals surface area (Å²) >= 11 is 9.33. The molecule has 27 heavy (non-hydrogen) atoms. The molecule has 1 fully saturated rings. The fraction of sp³-hybridized carbons (Fsp3) is 0.300. The molecule has 7 heteroatoms. The predicted molar refractivity (Wildman–Crippen MR) is 111 cm³/mol. The molecule has 0 saturated heterocycles. The number of halogens is 2. The highest BCUT2D eigenvalue weighted by atomic mass is 79.9. The molecule has 3 N–H and O–H groups in total. The smallest absolute Gasteiger partial charge is 0.315 e. The summed E-state index contributed by atoms with van der Waals surface area (Å²) in [5.74, 6) is 0.154. The summed E-state index contributed by atoms with van der Waals surface area (Å²) in [5, 5.41) is 9.07. The van der Waals surface area contributed by atoms with Gasteiger partial charge in [-0.1, -0.05) is 39.7 Å². The van der Waals surface area contributed by atoms with Gasteiger partial charge in [-0.25, -0.2) is 4.79 Å². The molecule has 1 unspecified atom stereocenters. The van der Waals surface area contributed by atoms with Gasteiger partial charge >= 0.3 is 6.03 Å². The molecule has 3 rings (SSSR count). The number of aryl methyl sites for hydroxylation is 1. The number of urea groups is 1. The van der Waals surface area contributed by atoms with Gasteiger partial charge in [0.2, 0.25) is 5.91 Å². The lowest BCUT2D eigenvalue weighted by atomic mass is 10.0. The minimum Gasteiger partial charge on any atom is -0.331 e. The second kappa shape index (κ2) is 8.76. The zero-order chi connectivity index (χ0) is 19.4. The number of rotatable bonds is 6. The van der Waals surface area contributed by atoms with Crippen LogP contribution in [0.15, 0.2) is 46.9 Å². The van der Waals surface area contributed by atoms with Crippen LogP contribution in [0.2, 0.25) is 5.02 Å². The fourth-order valence-electron chi connectivity index (χ4n) is 2.89. The third-order valence-electron chi connectivity index (χ3n) is 4.48. The van der Waals surface area contributed by atoms with Crippen molar-refractivity contribution >= 4 is 45.2 Å². The van der Waals surface area contributed by atoms with E-state index in [1.165, 1.54) is 0 Å². The van der Waals surface area contributed by atoms with Gasteiger partial charge in [0.25, 0.3) is 0 Å². The molecule has 0 spiro atoms. The van der Waals surface area contributed by atoms with Gasteiger partial charge in [0.15, 0.2) is 0 Å². The average molecular weight is 451 g/mol. The van der Waals surface area contributed by atoms with Crippen LogP contribution in [-0.2, 0) is 4.79 Å². The Balaban J connectivity index is 1.52. The van der Waals surface area contributed by atoms with Crippen LogP contribution >= 0.6 is 27.5 Å². The van der Waals surface area contributed by atoms with E-state index in [2.05, 4.69) is 31.9 Å². The number of benzene rings is 2. The summed E-state index contributed by atoms with van der Waals surface area (Å²) < 4.78 is 0.948. The second-order valence-corrected chi connectivity index (χ2v) is 8.05. The van der Waals surface area contributed by atoms with Crippen molar-refractivity contribution in [2.24, 2.45) is 5.92 Å². The van der Waals surface area contributed by atoms with E-state index >= 15 is 0 Å². The second-order valence-electron chi connectivity index (χ2n) is 6.70. The van der Waals surface area contributed by atoms with Crippen molar-refractivity contribution in [1.82, 2.24) is 10.6 Å². The molecule has 1 saturated carbocycles. The van der Waals surface area contributed by atoms with Crippen LogP contribution in [-0.4, -0.2) is 18.5 Å². The first kappa shape index (κ1) is 19.7. The third kappa shape index (κ3) is 5.71. The summed E-state index contributed by atoms with van der Waals surface area (Å²) in [4.78, 5) is 24.4. The van der Waals surface area contributed by atoms with Crippen LogP contribution in [0.5, 0.6) is 0 Å². The quantitative estimate of drug-likeness (QED) is 0.591. The molecule has 0 aromatic heterocycles. The van der Waals surface area contributed by atoms with Crippen molar-refractivity contribution < 1.29 is 9.59 Å². The van der Waals surface area contributed by atoms with Gasteiger partial charge in [-0.15, -0.1) is 0 Å². The van der Waals surface area contributed by atoms with Crippen molar-refractivity contribution in [3.05, 3.63) is 63.1 Å². The first-order chi connectivity index (χ1) is 12.9. The van der Waals surface area contributed by atoms with Crippen molar-refractivity contribution in [2.45, 2.75) is 25.8 Å². The Labute approximate surface area is 172 Å². The van der Waals surface area contributed by atoms with E-state index in [1.54, 1.807) is 0 Å². The Morgan fingerprint density at radius 1 is 1.19 bits per heavy atom.